The third-order valence-electron chi connectivity index (χ3n) is 5.36. The Bertz CT molecular complexity index is 730. The molecule has 0 bridgehead atoms. The molecular formula is C23H37FN2O6. The zero-order valence-electron chi connectivity index (χ0n) is 19.9. The lowest BCUT2D eigenvalue weighted by Crippen LogP contribution is -2.54. The number of alkyl carbamates (subject to hydrolysis) is 1. The van der Waals surface area contributed by atoms with Crippen molar-refractivity contribution >= 4 is 18.0 Å². The largest absolute Gasteiger partial charge is 0.467 e. The molecule has 1 saturated heterocycles. The highest BCUT2D eigenvalue weighted by Crippen LogP contribution is 2.26. The van der Waals surface area contributed by atoms with E-state index in [1.165, 1.54) is 18.1 Å². The minimum atomic E-state index is -0.902. The quantitative estimate of drug-likeness (QED) is 0.429. The lowest BCUT2D eigenvalue weighted by Gasteiger charge is -2.37. The lowest BCUT2D eigenvalue weighted by atomic mass is 9.86. The van der Waals surface area contributed by atoms with Crippen molar-refractivity contribution < 1.29 is 33.4 Å². The topological polar surface area (TPSA) is 105 Å². The molecule has 0 radical (unpaired) electrons. The summed E-state index contributed by atoms with van der Waals surface area (Å²) >= 11 is 0. The number of methoxy groups -OCH3 is 1. The van der Waals surface area contributed by atoms with Gasteiger partial charge in [0, 0.05) is 31.3 Å². The SMILES string of the molecule is C=C(F)C=C(C)C(CC)C(CC(=O)N1CCC(O)CC1C(=O)OC)NC(=O)OC(C)(C)C. The Balaban J connectivity index is 3.17. The van der Waals surface area contributed by atoms with E-state index in [0.29, 0.717) is 18.4 Å². The van der Waals surface area contributed by atoms with Crippen LogP contribution in [0.15, 0.2) is 24.1 Å². The van der Waals surface area contributed by atoms with Gasteiger partial charge in [0.15, 0.2) is 0 Å². The number of allylic oxidation sites excluding steroid dienone is 2. The van der Waals surface area contributed by atoms with Crippen molar-refractivity contribution in [1.29, 1.82) is 0 Å². The fourth-order valence-electron chi connectivity index (χ4n) is 3.94. The van der Waals surface area contributed by atoms with Crippen LogP contribution in [0.3, 0.4) is 0 Å². The van der Waals surface area contributed by atoms with Crippen molar-refractivity contribution in [2.45, 2.75) is 84.1 Å². The molecule has 2 amide bonds. The number of aliphatic hydroxyl groups excluding tert-OH is 1. The smallest absolute Gasteiger partial charge is 0.407 e. The van der Waals surface area contributed by atoms with Crippen molar-refractivity contribution in [2.24, 2.45) is 5.92 Å². The number of amides is 2. The zero-order chi connectivity index (χ0) is 24.6. The molecular weight excluding hydrogens is 419 g/mol. The average Bonchev–Trinajstić information content (AvgIpc) is 2.65. The number of carbonyl (C=O) groups is 3. The third kappa shape index (κ3) is 8.61. The summed E-state index contributed by atoms with van der Waals surface area (Å²) in [4.78, 5) is 39.3. The number of nitrogens with one attached hydrogen (secondary N) is 1. The van der Waals surface area contributed by atoms with Gasteiger partial charge >= 0.3 is 12.1 Å². The van der Waals surface area contributed by atoms with Crippen LogP contribution in [-0.4, -0.2) is 65.4 Å². The number of hydrogen-bond acceptors (Lipinski definition) is 6. The fraction of sp³-hybridized carbons (Fsp3) is 0.696. The molecule has 4 unspecified atom stereocenters. The lowest BCUT2D eigenvalue weighted by molar-refractivity contribution is -0.157. The van der Waals surface area contributed by atoms with Crippen LogP contribution in [0.2, 0.25) is 0 Å². The van der Waals surface area contributed by atoms with Gasteiger partial charge < -0.3 is 24.8 Å². The maximum absolute atomic E-state index is 13.4. The molecule has 9 heteroatoms. The maximum Gasteiger partial charge on any atom is 0.407 e. The van der Waals surface area contributed by atoms with Gasteiger partial charge in [-0.05, 0) is 46.6 Å². The summed E-state index contributed by atoms with van der Waals surface area (Å²) < 4.78 is 23.6. The minimum absolute atomic E-state index is 0.0837. The molecule has 8 nitrogen and oxygen atoms in total. The van der Waals surface area contributed by atoms with Gasteiger partial charge in [-0.25, -0.2) is 14.0 Å². The summed E-state index contributed by atoms with van der Waals surface area (Å²) in [5.74, 6) is -1.98. The van der Waals surface area contributed by atoms with E-state index in [9.17, 15) is 23.9 Å². The molecule has 0 saturated carbocycles. The Morgan fingerprint density at radius 3 is 2.47 bits per heavy atom. The van der Waals surface area contributed by atoms with Gasteiger partial charge in [0.05, 0.1) is 13.2 Å². The number of ether oxygens (including phenoxy) is 2. The van der Waals surface area contributed by atoms with E-state index in [1.807, 2.05) is 6.92 Å². The van der Waals surface area contributed by atoms with Crippen molar-refractivity contribution in [3.63, 3.8) is 0 Å². The number of rotatable bonds is 8. The van der Waals surface area contributed by atoms with E-state index in [4.69, 9.17) is 9.47 Å². The molecule has 0 aromatic heterocycles. The highest BCUT2D eigenvalue weighted by Gasteiger charge is 2.38. The second kappa shape index (κ2) is 12.0. The van der Waals surface area contributed by atoms with Crippen LogP contribution in [0.1, 0.15) is 60.3 Å². The number of piperidine rings is 1. The molecule has 0 aromatic rings. The number of esters is 1. The molecule has 1 fully saturated rings. The first-order valence-corrected chi connectivity index (χ1v) is 10.9. The highest BCUT2D eigenvalue weighted by atomic mass is 19.1. The molecule has 2 N–H and O–H groups in total. The number of hydrogen-bond donors (Lipinski definition) is 2. The maximum atomic E-state index is 13.4. The first-order chi connectivity index (χ1) is 14.8. The van der Waals surface area contributed by atoms with Crippen LogP contribution in [-0.2, 0) is 19.1 Å². The number of aliphatic hydroxyl groups is 1. The molecule has 1 aliphatic heterocycles. The number of carbonyl (C=O) groups excluding carboxylic acids is 3. The van der Waals surface area contributed by atoms with Crippen LogP contribution in [0.25, 0.3) is 0 Å². The van der Waals surface area contributed by atoms with E-state index in [-0.39, 0.29) is 31.2 Å². The molecule has 182 valence electrons. The predicted octanol–water partition coefficient (Wildman–Crippen LogP) is 3.25. The summed E-state index contributed by atoms with van der Waals surface area (Å²) in [5, 5.41) is 12.7. The van der Waals surface area contributed by atoms with Crippen LogP contribution in [0.5, 0.6) is 0 Å². The van der Waals surface area contributed by atoms with Gasteiger partial charge in [0.2, 0.25) is 5.91 Å². The Labute approximate surface area is 189 Å². The van der Waals surface area contributed by atoms with E-state index < -0.39 is 41.7 Å². The van der Waals surface area contributed by atoms with Crippen LogP contribution >= 0.6 is 0 Å². The highest BCUT2D eigenvalue weighted by molar-refractivity contribution is 5.85. The van der Waals surface area contributed by atoms with Gasteiger partial charge in [-0.2, -0.15) is 0 Å². The zero-order valence-corrected chi connectivity index (χ0v) is 19.9. The second-order valence-electron chi connectivity index (χ2n) is 9.11. The Morgan fingerprint density at radius 2 is 1.97 bits per heavy atom. The van der Waals surface area contributed by atoms with E-state index in [2.05, 4.69) is 11.9 Å². The number of halogens is 1. The monoisotopic (exact) mass is 456 g/mol. The minimum Gasteiger partial charge on any atom is -0.467 e. The predicted molar refractivity (Wildman–Crippen MR) is 118 cm³/mol. The Kier molecular flexibility index (Phi) is 10.3. The molecule has 0 spiro atoms. The molecule has 1 aliphatic rings. The van der Waals surface area contributed by atoms with Gasteiger partial charge in [-0.1, -0.05) is 19.1 Å². The molecule has 0 aliphatic carbocycles. The average molecular weight is 457 g/mol. The van der Waals surface area contributed by atoms with Crippen LogP contribution < -0.4 is 5.32 Å². The van der Waals surface area contributed by atoms with Crippen molar-refractivity contribution in [1.82, 2.24) is 10.2 Å². The van der Waals surface area contributed by atoms with E-state index >= 15 is 0 Å². The first kappa shape index (κ1) is 27.6. The third-order valence-corrected chi connectivity index (χ3v) is 5.36. The number of likely N-dealkylation sites (tertiary alicyclic amines) is 1. The molecule has 1 rings (SSSR count). The van der Waals surface area contributed by atoms with Crippen molar-refractivity contribution in [2.75, 3.05) is 13.7 Å². The van der Waals surface area contributed by atoms with E-state index in [0.717, 1.165) is 0 Å². The van der Waals surface area contributed by atoms with Crippen molar-refractivity contribution in [3.8, 4) is 0 Å². The van der Waals surface area contributed by atoms with Crippen LogP contribution in [0, 0.1) is 5.92 Å². The second-order valence-corrected chi connectivity index (χ2v) is 9.11. The summed E-state index contributed by atoms with van der Waals surface area (Å²) in [5.41, 5.74) is -0.121. The molecule has 32 heavy (non-hydrogen) atoms. The normalized spacial score (nSPS) is 21.4. The summed E-state index contributed by atoms with van der Waals surface area (Å²) in [6.45, 7) is 12.2. The standard InChI is InChI=1S/C23H37FN2O6/c1-8-17(14(2)11-15(3)24)18(25-22(30)32-23(4,5)6)13-20(28)26-10-9-16(27)12-19(26)21(29)31-7/h11,16-19,27H,3,8-10,12-13H2,1-2,4-7H3,(H,25,30). The van der Waals surface area contributed by atoms with Crippen molar-refractivity contribution in [3.05, 3.63) is 24.1 Å². The molecule has 0 aromatic carbocycles. The molecule has 1 heterocycles. The Hall–Kier alpha value is -2.42. The van der Waals surface area contributed by atoms with Gasteiger partial charge in [-0.3, -0.25) is 4.79 Å². The first-order valence-electron chi connectivity index (χ1n) is 10.9. The summed E-state index contributed by atoms with van der Waals surface area (Å²) in [6, 6.07) is -1.61. The van der Waals surface area contributed by atoms with Crippen LogP contribution in [0.4, 0.5) is 9.18 Å². The summed E-state index contributed by atoms with van der Waals surface area (Å²) in [7, 11) is 1.23. The summed E-state index contributed by atoms with van der Waals surface area (Å²) in [6.07, 6.45) is 0.675. The fourth-order valence-corrected chi connectivity index (χ4v) is 3.94. The Morgan fingerprint density at radius 1 is 1.34 bits per heavy atom. The van der Waals surface area contributed by atoms with Gasteiger partial charge in [0.1, 0.15) is 17.5 Å². The van der Waals surface area contributed by atoms with E-state index in [1.54, 1.807) is 27.7 Å². The number of nitrogens with zero attached hydrogens (tertiary/aromatic N) is 1. The van der Waals surface area contributed by atoms with Gasteiger partial charge in [-0.15, -0.1) is 0 Å². The molecule has 4 atom stereocenters. The van der Waals surface area contributed by atoms with Gasteiger partial charge in [0.25, 0.3) is 0 Å².